The first-order valence-corrected chi connectivity index (χ1v) is 9.93. The number of hydrogen-bond acceptors (Lipinski definition) is 8. The van der Waals surface area contributed by atoms with E-state index in [9.17, 15) is 19.5 Å². The van der Waals surface area contributed by atoms with Crippen molar-refractivity contribution in [2.75, 3.05) is 6.61 Å². The van der Waals surface area contributed by atoms with Crippen LogP contribution in [0.25, 0.3) is 0 Å². The van der Waals surface area contributed by atoms with Crippen molar-refractivity contribution in [2.24, 2.45) is 5.92 Å². The van der Waals surface area contributed by atoms with Gasteiger partial charge in [-0.3, -0.25) is 4.57 Å². The second-order valence-corrected chi connectivity index (χ2v) is 8.69. The summed E-state index contributed by atoms with van der Waals surface area (Å²) >= 11 is 0. The van der Waals surface area contributed by atoms with Crippen LogP contribution in [0.1, 0.15) is 53.0 Å². The Hall–Kier alpha value is -2.46. The van der Waals surface area contributed by atoms with E-state index >= 15 is 0 Å². The Morgan fingerprint density at radius 1 is 1.40 bits per heavy atom. The molecule has 0 bridgehead atoms. The number of ether oxygens (including phenoxy) is 3. The first-order valence-electron chi connectivity index (χ1n) is 9.93. The van der Waals surface area contributed by atoms with Gasteiger partial charge in [0.05, 0.1) is 6.10 Å². The molecule has 1 unspecified atom stereocenters. The number of nitrogens with one attached hydrogen (secondary N) is 1. The van der Waals surface area contributed by atoms with Gasteiger partial charge in [-0.15, -0.1) is 0 Å². The van der Waals surface area contributed by atoms with Crippen molar-refractivity contribution in [3.63, 3.8) is 0 Å². The molecule has 2 heterocycles. The minimum Gasteiger partial charge on any atom is -0.461 e. The lowest BCUT2D eigenvalue weighted by Gasteiger charge is -2.25. The SMILES string of the molecule is Cc1ccn([C@@H]2C[C@H](O)[C@H](COC(=O)C(NC(=O)OC(C)(C)C)C(C)C)O2)c(=O)n1. The normalized spacial score (nSPS) is 22.6. The van der Waals surface area contributed by atoms with Crippen molar-refractivity contribution in [3.05, 3.63) is 28.4 Å². The molecule has 1 aromatic rings. The fraction of sp³-hybridized carbons (Fsp3) is 0.700. The molecular formula is C20H31N3O7. The van der Waals surface area contributed by atoms with Crippen LogP contribution in [0.4, 0.5) is 4.79 Å². The smallest absolute Gasteiger partial charge is 0.408 e. The van der Waals surface area contributed by atoms with Gasteiger partial charge in [-0.1, -0.05) is 13.8 Å². The molecule has 2 rings (SSSR count). The Labute approximate surface area is 175 Å². The number of rotatable bonds is 6. The topological polar surface area (TPSA) is 129 Å². The van der Waals surface area contributed by atoms with Gasteiger partial charge in [0.1, 0.15) is 30.6 Å². The Kier molecular flexibility index (Phi) is 7.59. The van der Waals surface area contributed by atoms with Crippen LogP contribution in [0, 0.1) is 12.8 Å². The van der Waals surface area contributed by atoms with E-state index in [0.717, 1.165) is 0 Å². The Balaban J connectivity index is 1.95. The third-order valence-electron chi connectivity index (χ3n) is 4.47. The van der Waals surface area contributed by atoms with Crippen molar-refractivity contribution in [2.45, 2.75) is 78.0 Å². The third kappa shape index (κ3) is 6.53. The quantitative estimate of drug-likeness (QED) is 0.653. The lowest BCUT2D eigenvalue weighted by molar-refractivity contribution is -0.153. The largest absolute Gasteiger partial charge is 0.461 e. The van der Waals surface area contributed by atoms with Gasteiger partial charge in [-0.05, 0) is 39.7 Å². The molecule has 2 N–H and O–H groups in total. The van der Waals surface area contributed by atoms with Gasteiger partial charge >= 0.3 is 17.8 Å². The molecule has 0 aromatic carbocycles. The summed E-state index contributed by atoms with van der Waals surface area (Å²) in [6.07, 6.45) is -1.44. The number of amides is 1. The fourth-order valence-electron chi connectivity index (χ4n) is 2.94. The highest BCUT2D eigenvalue weighted by atomic mass is 16.6. The maximum Gasteiger partial charge on any atom is 0.408 e. The summed E-state index contributed by atoms with van der Waals surface area (Å²) in [5, 5.41) is 12.8. The number of esters is 1. The standard InChI is InChI=1S/C20H31N3O7/c1-11(2)16(22-19(27)30-20(4,5)6)17(25)28-10-14-13(24)9-15(29-14)23-8-7-12(3)21-18(23)26/h7-8,11,13-16,24H,9-10H2,1-6H3,(H,22,27)/t13-,14-,15-,16?/m0/s1. The van der Waals surface area contributed by atoms with Gasteiger partial charge < -0.3 is 24.6 Å². The number of hydrogen-bond donors (Lipinski definition) is 2. The van der Waals surface area contributed by atoms with Crippen LogP contribution in [0.5, 0.6) is 0 Å². The summed E-state index contributed by atoms with van der Waals surface area (Å²) in [7, 11) is 0. The van der Waals surface area contributed by atoms with Crippen molar-refractivity contribution in [1.29, 1.82) is 0 Å². The third-order valence-corrected chi connectivity index (χ3v) is 4.47. The molecule has 0 saturated carbocycles. The Morgan fingerprint density at radius 3 is 2.63 bits per heavy atom. The van der Waals surface area contributed by atoms with E-state index in [1.165, 1.54) is 4.57 Å². The zero-order chi connectivity index (χ0) is 22.6. The van der Waals surface area contributed by atoms with E-state index in [2.05, 4.69) is 10.3 Å². The van der Waals surface area contributed by atoms with Gasteiger partial charge in [0.2, 0.25) is 0 Å². The van der Waals surface area contributed by atoms with E-state index in [1.54, 1.807) is 53.8 Å². The van der Waals surface area contributed by atoms with E-state index in [-0.39, 0.29) is 18.9 Å². The fourth-order valence-corrected chi connectivity index (χ4v) is 2.94. The first-order chi connectivity index (χ1) is 13.9. The van der Waals surface area contributed by atoms with Crippen LogP contribution in [0.2, 0.25) is 0 Å². The van der Waals surface area contributed by atoms with Crippen LogP contribution >= 0.6 is 0 Å². The van der Waals surface area contributed by atoms with Crippen molar-refractivity contribution in [1.82, 2.24) is 14.9 Å². The highest BCUT2D eigenvalue weighted by Crippen LogP contribution is 2.28. The molecule has 1 amide bonds. The summed E-state index contributed by atoms with van der Waals surface area (Å²) in [5.41, 5.74) is -0.598. The number of aryl methyl sites for hydroxylation is 1. The molecule has 0 radical (unpaired) electrons. The molecule has 10 heteroatoms. The Bertz CT molecular complexity index is 815. The average molecular weight is 425 g/mol. The summed E-state index contributed by atoms with van der Waals surface area (Å²) in [5.74, 6) is -0.909. The highest BCUT2D eigenvalue weighted by Gasteiger charge is 2.37. The lowest BCUT2D eigenvalue weighted by atomic mass is 10.1. The molecule has 10 nitrogen and oxygen atoms in total. The number of carbonyl (C=O) groups excluding carboxylic acids is 2. The monoisotopic (exact) mass is 425 g/mol. The van der Waals surface area contributed by atoms with E-state index < -0.39 is 47.8 Å². The summed E-state index contributed by atoms with van der Waals surface area (Å²) in [4.78, 5) is 40.4. The summed E-state index contributed by atoms with van der Waals surface area (Å²) < 4.78 is 17.5. The summed E-state index contributed by atoms with van der Waals surface area (Å²) in [6.45, 7) is 10.2. The van der Waals surface area contributed by atoms with Crippen LogP contribution in [0.15, 0.2) is 17.1 Å². The number of nitrogens with zero attached hydrogens (tertiary/aromatic N) is 2. The maximum absolute atomic E-state index is 12.5. The van der Waals surface area contributed by atoms with Gasteiger partial charge in [0.25, 0.3) is 0 Å². The van der Waals surface area contributed by atoms with E-state index in [1.807, 2.05) is 0 Å². The molecule has 1 aromatic heterocycles. The number of carbonyl (C=O) groups is 2. The zero-order valence-corrected chi connectivity index (χ0v) is 18.2. The van der Waals surface area contributed by atoms with E-state index in [4.69, 9.17) is 14.2 Å². The van der Waals surface area contributed by atoms with Crippen LogP contribution in [0.3, 0.4) is 0 Å². The average Bonchev–Trinajstić information content (AvgIpc) is 2.96. The van der Waals surface area contributed by atoms with Crippen LogP contribution in [-0.2, 0) is 19.0 Å². The van der Waals surface area contributed by atoms with Crippen LogP contribution < -0.4 is 11.0 Å². The molecule has 0 spiro atoms. The second-order valence-electron chi connectivity index (χ2n) is 8.69. The van der Waals surface area contributed by atoms with Gasteiger partial charge in [-0.2, -0.15) is 4.98 Å². The lowest BCUT2D eigenvalue weighted by Crippen LogP contribution is -2.47. The first kappa shape index (κ1) is 23.8. The molecule has 1 saturated heterocycles. The van der Waals surface area contributed by atoms with Crippen LogP contribution in [-0.4, -0.2) is 57.2 Å². The number of aliphatic hydroxyl groups excluding tert-OH is 1. The molecular weight excluding hydrogens is 394 g/mol. The van der Waals surface area contributed by atoms with Gasteiger partial charge in [0, 0.05) is 18.3 Å². The minimum atomic E-state index is -0.924. The second kappa shape index (κ2) is 9.57. The molecule has 1 aliphatic heterocycles. The number of alkyl carbamates (subject to hydrolysis) is 1. The Morgan fingerprint density at radius 2 is 2.07 bits per heavy atom. The zero-order valence-electron chi connectivity index (χ0n) is 18.2. The predicted molar refractivity (Wildman–Crippen MR) is 107 cm³/mol. The van der Waals surface area contributed by atoms with Crippen molar-refractivity contribution in [3.8, 4) is 0 Å². The molecule has 1 aliphatic rings. The maximum atomic E-state index is 12.5. The molecule has 0 aliphatic carbocycles. The predicted octanol–water partition coefficient (Wildman–Crippen LogP) is 1.29. The minimum absolute atomic E-state index is 0.163. The highest BCUT2D eigenvalue weighted by molar-refractivity contribution is 5.81. The van der Waals surface area contributed by atoms with Gasteiger partial charge in [0.15, 0.2) is 0 Å². The summed E-state index contributed by atoms with van der Waals surface area (Å²) in [6, 6.07) is 0.748. The number of aliphatic hydroxyl groups is 1. The molecule has 30 heavy (non-hydrogen) atoms. The number of aromatic nitrogens is 2. The molecule has 1 fully saturated rings. The van der Waals surface area contributed by atoms with Crippen molar-refractivity contribution < 1.29 is 28.9 Å². The van der Waals surface area contributed by atoms with Crippen molar-refractivity contribution >= 4 is 12.1 Å². The van der Waals surface area contributed by atoms with Gasteiger partial charge in [-0.25, -0.2) is 14.4 Å². The molecule has 168 valence electrons. The van der Waals surface area contributed by atoms with E-state index in [0.29, 0.717) is 5.69 Å². The molecule has 4 atom stereocenters.